The van der Waals surface area contributed by atoms with Crippen molar-refractivity contribution >= 4 is 28.1 Å². The van der Waals surface area contributed by atoms with E-state index in [4.69, 9.17) is 16.3 Å². The molecule has 3 rings (SSSR count). The topological polar surface area (TPSA) is 28.6 Å². The number of nitrogens with zero attached hydrogens (tertiary/aromatic N) is 3. The molecule has 1 aliphatic rings. The monoisotopic (exact) mass is 337 g/mol. The van der Waals surface area contributed by atoms with Gasteiger partial charge in [0.25, 0.3) is 0 Å². The van der Waals surface area contributed by atoms with E-state index in [-0.39, 0.29) is 6.10 Å². The molecular formula is C16H20ClN3OS. The highest BCUT2D eigenvalue weighted by Gasteiger charge is 2.23. The zero-order chi connectivity index (χ0) is 15.5. The van der Waals surface area contributed by atoms with Gasteiger partial charge in [0.1, 0.15) is 5.15 Å². The van der Waals surface area contributed by atoms with E-state index in [9.17, 15) is 0 Å². The third-order valence-corrected chi connectivity index (χ3v) is 5.34. The molecule has 0 amide bonds. The molecule has 0 radical (unpaired) electrons. The van der Waals surface area contributed by atoms with Gasteiger partial charge in [-0.3, -0.25) is 4.90 Å². The Hall–Kier alpha value is -1.14. The second-order valence-electron chi connectivity index (χ2n) is 5.61. The average Bonchev–Trinajstić information content (AvgIpc) is 2.90. The van der Waals surface area contributed by atoms with Crippen molar-refractivity contribution in [2.75, 3.05) is 38.7 Å². The first-order valence-electron chi connectivity index (χ1n) is 7.35. The molecule has 1 saturated heterocycles. The minimum atomic E-state index is 0.134. The van der Waals surface area contributed by atoms with Crippen molar-refractivity contribution in [3.05, 3.63) is 45.9 Å². The van der Waals surface area contributed by atoms with Crippen molar-refractivity contribution < 1.29 is 4.74 Å². The minimum Gasteiger partial charge on any atom is -0.371 e. The molecule has 1 fully saturated rings. The fraction of sp³-hybridized carbons (Fsp3) is 0.438. The zero-order valence-electron chi connectivity index (χ0n) is 12.8. The highest BCUT2D eigenvalue weighted by Crippen LogP contribution is 2.31. The number of halogens is 1. The summed E-state index contributed by atoms with van der Waals surface area (Å²) in [6, 6.07) is 10.4. The van der Waals surface area contributed by atoms with Crippen LogP contribution >= 0.6 is 22.9 Å². The van der Waals surface area contributed by atoms with E-state index in [1.165, 1.54) is 5.56 Å². The molecule has 0 N–H and O–H groups in total. The van der Waals surface area contributed by atoms with Gasteiger partial charge < -0.3 is 9.64 Å². The van der Waals surface area contributed by atoms with Gasteiger partial charge in [-0.2, -0.15) is 0 Å². The van der Waals surface area contributed by atoms with E-state index in [1.807, 2.05) is 25.1 Å². The molecule has 0 spiro atoms. The molecule has 6 heteroatoms. The lowest BCUT2D eigenvalue weighted by Crippen LogP contribution is -2.37. The maximum absolute atomic E-state index is 6.28. The van der Waals surface area contributed by atoms with E-state index < -0.39 is 0 Å². The predicted molar refractivity (Wildman–Crippen MR) is 91.9 cm³/mol. The Bertz CT molecular complexity index is 617. The number of aromatic nitrogens is 1. The second kappa shape index (κ2) is 6.96. The first-order chi connectivity index (χ1) is 10.6. The fourth-order valence-electron chi connectivity index (χ4n) is 2.53. The van der Waals surface area contributed by atoms with Crippen molar-refractivity contribution in [3.8, 4) is 0 Å². The van der Waals surface area contributed by atoms with Crippen molar-refractivity contribution in [1.29, 1.82) is 0 Å². The Morgan fingerprint density at radius 2 is 2.14 bits per heavy atom. The van der Waals surface area contributed by atoms with E-state index in [2.05, 4.69) is 34.1 Å². The van der Waals surface area contributed by atoms with Gasteiger partial charge >= 0.3 is 0 Å². The van der Waals surface area contributed by atoms with Crippen LogP contribution in [0.1, 0.15) is 16.5 Å². The van der Waals surface area contributed by atoms with Crippen LogP contribution in [0.3, 0.4) is 0 Å². The second-order valence-corrected chi connectivity index (χ2v) is 7.03. The van der Waals surface area contributed by atoms with Crippen LogP contribution in [-0.2, 0) is 11.3 Å². The van der Waals surface area contributed by atoms with E-state index in [0.717, 1.165) is 36.2 Å². The van der Waals surface area contributed by atoms with Crippen LogP contribution in [0.4, 0.5) is 5.13 Å². The summed E-state index contributed by atoms with van der Waals surface area (Å²) >= 11 is 7.94. The number of morpholine rings is 1. The van der Waals surface area contributed by atoms with Gasteiger partial charge in [-0.15, -0.1) is 0 Å². The Labute approximate surface area is 140 Å². The van der Waals surface area contributed by atoms with Gasteiger partial charge in [0.15, 0.2) is 5.13 Å². The lowest BCUT2D eigenvalue weighted by atomic mass is 10.1. The van der Waals surface area contributed by atoms with E-state index in [1.54, 1.807) is 11.3 Å². The predicted octanol–water partition coefficient (Wildman–Crippen LogP) is 3.44. The number of hydrogen-bond donors (Lipinski definition) is 0. The van der Waals surface area contributed by atoms with E-state index >= 15 is 0 Å². The number of anilines is 1. The van der Waals surface area contributed by atoms with Crippen LogP contribution in [0.15, 0.2) is 30.3 Å². The fourth-order valence-corrected chi connectivity index (χ4v) is 3.75. The van der Waals surface area contributed by atoms with Gasteiger partial charge in [-0.1, -0.05) is 53.3 Å². The summed E-state index contributed by atoms with van der Waals surface area (Å²) in [5.41, 5.74) is 1.23. The molecule has 1 aromatic carbocycles. The van der Waals surface area contributed by atoms with Crippen molar-refractivity contribution in [3.63, 3.8) is 0 Å². The largest absolute Gasteiger partial charge is 0.371 e. The maximum Gasteiger partial charge on any atom is 0.186 e. The molecule has 1 aromatic heterocycles. The number of thiazole rings is 1. The van der Waals surface area contributed by atoms with Gasteiger partial charge in [0.05, 0.1) is 17.6 Å². The molecule has 4 nitrogen and oxygen atoms in total. The molecule has 2 aromatic rings. The van der Waals surface area contributed by atoms with E-state index in [0.29, 0.717) is 5.15 Å². The maximum atomic E-state index is 6.28. The van der Waals surface area contributed by atoms with Crippen molar-refractivity contribution in [2.24, 2.45) is 0 Å². The minimum absolute atomic E-state index is 0.134. The quantitative estimate of drug-likeness (QED) is 0.854. The summed E-state index contributed by atoms with van der Waals surface area (Å²) in [4.78, 5) is 9.91. The highest BCUT2D eigenvalue weighted by atomic mass is 35.5. The number of benzene rings is 1. The van der Waals surface area contributed by atoms with Gasteiger partial charge in [0, 0.05) is 33.7 Å². The highest BCUT2D eigenvalue weighted by molar-refractivity contribution is 7.16. The summed E-state index contributed by atoms with van der Waals surface area (Å²) in [6.07, 6.45) is 0.134. The first-order valence-corrected chi connectivity index (χ1v) is 8.54. The Kier molecular flexibility index (Phi) is 4.98. The summed E-state index contributed by atoms with van der Waals surface area (Å²) in [7, 11) is 3.97. The zero-order valence-corrected chi connectivity index (χ0v) is 14.4. The average molecular weight is 338 g/mol. The van der Waals surface area contributed by atoms with Crippen LogP contribution in [0, 0.1) is 0 Å². The summed E-state index contributed by atoms with van der Waals surface area (Å²) in [6.45, 7) is 3.39. The van der Waals surface area contributed by atoms with Gasteiger partial charge in [-0.25, -0.2) is 4.98 Å². The Morgan fingerprint density at radius 1 is 1.36 bits per heavy atom. The van der Waals surface area contributed by atoms with Crippen LogP contribution in [0.5, 0.6) is 0 Å². The van der Waals surface area contributed by atoms with Crippen molar-refractivity contribution in [2.45, 2.75) is 12.6 Å². The normalized spacial score (nSPS) is 19.3. The number of hydrogen-bond acceptors (Lipinski definition) is 5. The molecule has 1 aliphatic heterocycles. The van der Waals surface area contributed by atoms with Crippen LogP contribution in [-0.4, -0.2) is 43.7 Å². The number of ether oxygens (including phenoxy) is 1. The Morgan fingerprint density at radius 3 is 2.82 bits per heavy atom. The molecule has 118 valence electrons. The van der Waals surface area contributed by atoms with Crippen molar-refractivity contribution in [1.82, 2.24) is 9.88 Å². The van der Waals surface area contributed by atoms with Crippen LogP contribution in [0.25, 0.3) is 0 Å². The standard InChI is InChI=1S/C16H20ClN3OS/c1-19(2)16-18-15(17)14(22-16)11-20-8-9-21-13(10-20)12-6-4-3-5-7-12/h3-7,13H,8-11H2,1-2H3/t13-/m0/s1. The number of rotatable bonds is 4. The molecule has 0 bridgehead atoms. The molecule has 1 atom stereocenters. The SMILES string of the molecule is CN(C)c1nc(Cl)c(CN2CCO[C@H](c3ccccc3)C2)s1. The smallest absolute Gasteiger partial charge is 0.186 e. The van der Waals surface area contributed by atoms with Crippen LogP contribution < -0.4 is 4.90 Å². The van der Waals surface area contributed by atoms with Crippen LogP contribution in [0.2, 0.25) is 5.15 Å². The lowest BCUT2D eigenvalue weighted by molar-refractivity contribution is -0.0326. The molecule has 0 unspecified atom stereocenters. The molecule has 2 heterocycles. The molecular weight excluding hydrogens is 318 g/mol. The lowest BCUT2D eigenvalue weighted by Gasteiger charge is -2.32. The first kappa shape index (κ1) is 15.7. The third-order valence-electron chi connectivity index (χ3n) is 3.71. The van der Waals surface area contributed by atoms with Gasteiger partial charge in [-0.05, 0) is 5.56 Å². The summed E-state index contributed by atoms with van der Waals surface area (Å²) < 4.78 is 5.91. The molecule has 0 saturated carbocycles. The van der Waals surface area contributed by atoms with Gasteiger partial charge in [0.2, 0.25) is 0 Å². The molecule has 0 aliphatic carbocycles. The summed E-state index contributed by atoms with van der Waals surface area (Å²) in [5, 5.41) is 1.57. The Balaban J connectivity index is 1.68. The summed E-state index contributed by atoms with van der Waals surface area (Å²) in [5.74, 6) is 0. The molecule has 22 heavy (non-hydrogen) atoms. The third kappa shape index (κ3) is 3.60.